The second-order valence-electron chi connectivity index (χ2n) is 5.22. The van der Waals surface area contributed by atoms with Gasteiger partial charge in [0, 0.05) is 17.6 Å². The molecule has 2 N–H and O–H groups in total. The number of aryl methyl sites for hydroxylation is 2. The van der Waals surface area contributed by atoms with Crippen LogP contribution in [0.25, 0.3) is 10.9 Å². The van der Waals surface area contributed by atoms with E-state index in [0.29, 0.717) is 12.1 Å². The van der Waals surface area contributed by atoms with E-state index in [0.717, 1.165) is 28.6 Å². The minimum absolute atomic E-state index is 0.244. The summed E-state index contributed by atoms with van der Waals surface area (Å²) < 4.78 is 0. The standard InChI is InChI=1S/C16H20N2O3/c1-4-8-18(9-14(19)20)16(21)13-7-5-6-12-10(2)11(3)17-15(12)13/h5-7,17H,4,8-9H2,1-3H3,(H,19,20). The van der Waals surface area contributed by atoms with Crippen molar-refractivity contribution in [1.29, 1.82) is 0 Å². The molecule has 1 aromatic heterocycles. The first-order valence-corrected chi connectivity index (χ1v) is 7.04. The van der Waals surface area contributed by atoms with E-state index in [-0.39, 0.29) is 12.5 Å². The lowest BCUT2D eigenvalue weighted by atomic mass is 10.1. The third-order valence-electron chi connectivity index (χ3n) is 3.68. The molecule has 5 nitrogen and oxygen atoms in total. The van der Waals surface area contributed by atoms with Gasteiger partial charge in [0.25, 0.3) is 5.91 Å². The summed E-state index contributed by atoms with van der Waals surface area (Å²) in [5.41, 5.74) is 3.44. The van der Waals surface area contributed by atoms with Crippen LogP contribution >= 0.6 is 0 Å². The predicted molar refractivity (Wildman–Crippen MR) is 81.6 cm³/mol. The Bertz CT molecular complexity index is 688. The topological polar surface area (TPSA) is 73.4 Å². The molecule has 0 aliphatic rings. The first kappa shape index (κ1) is 15.1. The molecule has 0 spiro atoms. The Morgan fingerprint density at radius 1 is 1.29 bits per heavy atom. The summed E-state index contributed by atoms with van der Waals surface area (Å²) in [5.74, 6) is -1.24. The fourth-order valence-electron chi connectivity index (χ4n) is 2.52. The Hall–Kier alpha value is -2.30. The summed E-state index contributed by atoms with van der Waals surface area (Å²) in [6.45, 7) is 6.04. The molecule has 0 fully saturated rings. The molecular formula is C16H20N2O3. The Kier molecular flexibility index (Phi) is 4.31. The van der Waals surface area contributed by atoms with Crippen LogP contribution < -0.4 is 0 Å². The minimum atomic E-state index is -0.997. The number of aromatic amines is 1. The highest BCUT2D eigenvalue weighted by molar-refractivity contribution is 6.07. The van der Waals surface area contributed by atoms with Gasteiger partial charge in [-0.3, -0.25) is 9.59 Å². The first-order chi connectivity index (χ1) is 9.95. The van der Waals surface area contributed by atoms with Gasteiger partial charge in [-0.1, -0.05) is 19.1 Å². The molecule has 5 heteroatoms. The second kappa shape index (κ2) is 5.99. The van der Waals surface area contributed by atoms with Crippen molar-refractivity contribution in [3.8, 4) is 0 Å². The van der Waals surface area contributed by atoms with Crippen LogP contribution in [-0.2, 0) is 4.79 Å². The Labute approximate surface area is 123 Å². The fraction of sp³-hybridized carbons (Fsp3) is 0.375. The molecule has 21 heavy (non-hydrogen) atoms. The summed E-state index contributed by atoms with van der Waals surface area (Å²) in [7, 11) is 0. The number of aromatic nitrogens is 1. The maximum absolute atomic E-state index is 12.6. The van der Waals surface area contributed by atoms with Crippen LogP contribution in [0, 0.1) is 13.8 Å². The van der Waals surface area contributed by atoms with Crippen LogP contribution in [0.2, 0.25) is 0 Å². The average Bonchev–Trinajstić information content (AvgIpc) is 2.73. The van der Waals surface area contributed by atoms with E-state index in [4.69, 9.17) is 5.11 Å². The minimum Gasteiger partial charge on any atom is -0.480 e. The van der Waals surface area contributed by atoms with Crippen LogP contribution in [0.4, 0.5) is 0 Å². The van der Waals surface area contributed by atoms with Crippen LogP contribution in [0.5, 0.6) is 0 Å². The van der Waals surface area contributed by atoms with E-state index in [9.17, 15) is 9.59 Å². The third-order valence-corrected chi connectivity index (χ3v) is 3.68. The summed E-state index contributed by atoms with van der Waals surface area (Å²) >= 11 is 0. The van der Waals surface area contributed by atoms with E-state index in [1.54, 1.807) is 6.07 Å². The van der Waals surface area contributed by atoms with Gasteiger partial charge in [-0.05, 0) is 31.9 Å². The number of nitrogens with zero attached hydrogens (tertiary/aromatic N) is 1. The van der Waals surface area contributed by atoms with Crippen molar-refractivity contribution in [2.24, 2.45) is 0 Å². The molecule has 0 aliphatic heterocycles. The number of hydrogen-bond acceptors (Lipinski definition) is 2. The van der Waals surface area contributed by atoms with Crippen molar-refractivity contribution in [2.75, 3.05) is 13.1 Å². The number of carboxylic acids is 1. The number of carbonyl (C=O) groups excluding carboxylic acids is 1. The molecule has 0 saturated heterocycles. The normalized spacial score (nSPS) is 10.8. The van der Waals surface area contributed by atoms with Crippen LogP contribution in [0.1, 0.15) is 35.0 Å². The SMILES string of the molecule is CCCN(CC(=O)O)C(=O)c1cccc2c(C)c(C)[nH]c12. The molecule has 0 bridgehead atoms. The number of amides is 1. The number of H-pyrrole nitrogens is 1. The number of fused-ring (bicyclic) bond motifs is 1. The Morgan fingerprint density at radius 2 is 2.00 bits per heavy atom. The summed E-state index contributed by atoms with van der Waals surface area (Å²) in [6.07, 6.45) is 0.720. The number of nitrogens with one attached hydrogen (secondary N) is 1. The van der Waals surface area contributed by atoms with E-state index in [1.807, 2.05) is 32.9 Å². The summed E-state index contributed by atoms with van der Waals surface area (Å²) in [5, 5.41) is 9.97. The van der Waals surface area contributed by atoms with E-state index < -0.39 is 5.97 Å². The second-order valence-corrected chi connectivity index (χ2v) is 5.22. The largest absolute Gasteiger partial charge is 0.480 e. The molecule has 2 rings (SSSR count). The lowest BCUT2D eigenvalue weighted by Gasteiger charge is -2.20. The quantitative estimate of drug-likeness (QED) is 0.888. The number of para-hydroxylation sites is 1. The number of carboxylic acid groups (broad SMARTS) is 1. The van der Waals surface area contributed by atoms with Crippen molar-refractivity contribution in [2.45, 2.75) is 27.2 Å². The number of rotatable bonds is 5. The molecule has 0 radical (unpaired) electrons. The van der Waals surface area contributed by atoms with Gasteiger partial charge in [-0.2, -0.15) is 0 Å². The third kappa shape index (κ3) is 2.91. The molecule has 1 aromatic carbocycles. The van der Waals surface area contributed by atoms with Crippen molar-refractivity contribution in [3.05, 3.63) is 35.0 Å². The molecule has 1 heterocycles. The van der Waals surface area contributed by atoms with Gasteiger partial charge in [0.1, 0.15) is 6.54 Å². The number of benzene rings is 1. The van der Waals surface area contributed by atoms with Crippen LogP contribution in [-0.4, -0.2) is 40.0 Å². The lowest BCUT2D eigenvalue weighted by molar-refractivity contribution is -0.137. The number of aliphatic carboxylic acids is 1. The van der Waals surface area contributed by atoms with Gasteiger partial charge in [0.2, 0.25) is 0 Å². The zero-order chi connectivity index (χ0) is 15.6. The van der Waals surface area contributed by atoms with Gasteiger partial charge in [-0.25, -0.2) is 0 Å². The maximum Gasteiger partial charge on any atom is 0.323 e. The maximum atomic E-state index is 12.6. The summed E-state index contributed by atoms with van der Waals surface area (Å²) in [4.78, 5) is 28.2. The molecule has 0 saturated carbocycles. The molecular weight excluding hydrogens is 268 g/mol. The monoisotopic (exact) mass is 288 g/mol. The van der Waals surface area contributed by atoms with Gasteiger partial charge in [0.05, 0.1) is 11.1 Å². The zero-order valence-corrected chi connectivity index (χ0v) is 12.6. The first-order valence-electron chi connectivity index (χ1n) is 7.04. The smallest absolute Gasteiger partial charge is 0.323 e. The van der Waals surface area contributed by atoms with E-state index in [1.165, 1.54) is 4.90 Å². The van der Waals surface area contributed by atoms with Crippen molar-refractivity contribution in [3.63, 3.8) is 0 Å². The van der Waals surface area contributed by atoms with Crippen molar-refractivity contribution in [1.82, 2.24) is 9.88 Å². The van der Waals surface area contributed by atoms with Gasteiger partial charge in [0.15, 0.2) is 0 Å². The van der Waals surface area contributed by atoms with Gasteiger partial charge >= 0.3 is 5.97 Å². The fourth-order valence-corrected chi connectivity index (χ4v) is 2.52. The molecule has 112 valence electrons. The van der Waals surface area contributed by atoms with Gasteiger partial charge < -0.3 is 15.0 Å². The van der Waals surface area contributed by atoms with E-state index >= 15 is 0 Å². The molecule has 0 unspecified atom stereocenters. The highest BCUT2D eigenvalue weighted by Crippen LogP contribution is 2.25. The molecule has 0 aliphatic carbocycles. The Morgan fingerprint density at radius 3 is 2.62 bits per heavy atom. The van der Waals surface area contributed by atoms with Crippen molar-refractivity contribution < 1.29 is 14.7 Å². The molecule has 0 atom stereocenters. The molecule has 1 amide bonds. The molecule has 2 aromatic rings. The highest BCUT2D eigenvalue weighted by Gasteiger charge is 2.21. The van der Waals surface area contributed by atoms with Crippen LogP contribution in [0.15, 0.2) is 18.2 Å². The number of carbonyl (C=O) groups is 2. The lowest BCUT2D eigenvalue weighted by Crippen LogP contribution is -2.36. The zero-order valence-electron chi connectivity index (χ0n) is 12.6. The summed E-state index contributed by atoms with van der Waals surface area (Å²) in [6, 6.07) is 5.54. The van der Waals surface area contributed by atoms with Crippen molar-refractivity contribution >= 4 is 22.8 Å². The Balaban J connectivity index is 2.46. The predicted octanol–water partition coefficient (Wildman–Crippen LogP) is 2.72. The highest BCUT2D eigenvalue weighted by atomic mass is 16.4. The van der Waals surface area contributed by atoms with E-state index in [2.05, 4.69) is 4.98 Å². The van der Waals surface area contributed by atoms with Gasteiger partial charge in [-0.15, -0.1) is 0 Å². The van der Waals surface area contributed by atoms with Crippen LogP contribution in [0.3, 0.4) is 0 Å². The average molecular weight is 288 g/mol. The number of hydrogen-bond donors (Lipinski definition) is 2.